The summed E-state index contributed by atoms with van der Waals surface area (Å²) >= 11 is 0. The number of pyridine rings is 1. The summed E-state index contributed by atoms with van der Waals surface area (Å²) < 4.78 is 0. The van der Waals surface area contributed by atoms with Gasteiger partial charge in [0, 0.05) is 18.1 Å². The fraction of sp³-hybridized carbons (Fsp3) is 0. The summed E-state index contributed by atoms with van der Waals surface area (Å²) in [5, 5.41) is 2.42. The van der Waals surface area contributed by atoms with E-state index in [2.05, 4.69) is 10.3 Å². The van der Waals surface area contributed by atoms with Gasteiger partial charge in [-0.2, -0.15) is 0 Å². The Morgan fingerprint density at radius 3 is 2.44 bits per heavy atom. The van der Waals surface area contributed by atoms with Crippen LogP contribution in [0.15, 0.2) is 48.8 Å². The van der Waals surface area contributed by atoms with Gasteiger partial charge >= 0.3 is 11.8 Å². The van der Waals surface area contributed by atoms with E-state index in [4.69, 9.17) is 5.73 Å². The molecule has 18 heavy (non-hydrogen) atoms. The van der Waals surface area contributed by atoms with Gasteiger partial charge in [-0.25, -0.2) is 0 Å². The SMILES string of the molecule is NC(=O)C(=O)Nc1cccc(-c2ccncc2)c1. The molecule has 0 spiro atoms. The Hall–Kier alpha value is -2.69. The maximum absolute atomic E-state index is 11.2. The number of primary amides is 1. The molecule has 2 amide bonds. The van der Waals surface area contributed by atoms with E-state index in [0.29, 0.717) is 5.69 Å². The molecule has 0 atom stereocenters. The molecule has 1 aromatic heterocycles. The number of amides is 2. The molecule has 0 saturated heterocycles. The molecule has 2 rings (SSSR count). The molecule has 0 aliphatic heterocycles. The van der Waals surface area contributed by atoms with Crippen molar-refractivity contribution in [3.63, 3.8) is 0 Å². The van der Waals surface area contributed by atoms with E-state index in [-0.39, 0.29) is 0 Å². The fourth-order valence-corrected chi connectivity index (χ4v) is 1.51. The molecule has 0 radical (unpaired) electrons. The molecule has 0 fully saturated rings. The number of nitrogens with one attached hydrogen (secondary N) is 1. The normalized spacial score (nSPS) is 9.78. The van der Waals surface area contributed by atoms with Crippen LogP contribution in [-0.2, 0) is 9.59 Å². The van der Waals surface area contributed by atoms with E-state index in [0.717, 1.165) is 11.1 Å². The zero-order chi connectivity index (χ0) is 13.0. The smallest absolute Gasteiger partial charge is 0.313 e. The van der Waals surface area contributed by atoms with E-state index in [9.17, 15) is 9.59 Å². The molecule has 0 unspecified atom stereocenters. The predicted octanol–water partition coefficient (Wildman–Crippen LogP) is 1.17. The minimum absolute atomic E-state index is 0.521. The van der Waals surface area contributed by atoms with E-state index in [1.165, 1.54) is 0 Å². The van der Waals surface area contributed by atoms with Crippen molar-refractivity contribution in [2.45, 2.75) is 0 Å². The zero-order valence-electron chi connectivity index (χ0n) is 9.46. The molecule has 0 bridgehead atoms. The third kappa shape index (κ3) is 2.70. The Labute approximate surface area is 104 Å². The lowest BCUT2D eigenvalue weighted by Gasteiger charge is -2.05. The van der Waals surface area contributed by atoms with Crippen LogP contribution in [0.5, 0.6) is 0 Å². The van der Waals surface area contributed by atoms with Crippen LogP contribution in [0, 0.1) is 0 Å². The Morgan fingerprint density at radius 1 is 1.06 bits per heavy atom. The van der Waals surface area contributed by atoms with Crippen molar-refractivity contribution in [1.29, 1.82) is 0 Å². The molecule has 0 aliphatic carbocycles. The first-order chi connectivity index (χ1) is 8.66. The minimum Gasteiger partial charge on any atom is -0.361 e. The monoisotopic (exact) mass is 241 g/mol. The number of aromatic nitrogens is 1. The predicted molar refractivity (Wildman–Crippen MR) is 67.5 cm³/mol. The highest BCUT2D eigenvalue weighted by molar-refractivity contribution is 6.39. The van der Waals surface area contributed by atoms with Gasteiger partial charge in [-0.3, -0.25) is 14.6 Å². The second-order valence-electron chi connectivity index (χ2n) is 3.64. The summed E-state index contributed by atoms with van der Waals surface area (Å²) in [4.78, 5) is 25.8. The van der Waals surface area contributed by atoms with Crippen molar-refractivity contribution >= 4 is 17.5 Å². The standard InChI is InChI=1S/C13H11N3O2/c14-12(17)13(18)16-11-3-1-2-10(8-11)9-4-6-15-7-5-9/h1-8H,(H2,14,17)(H,16,18). The lowest BCUT2D eigenvalue weighted by Crippen LogP contribution is -2.29. The molecular formula is C13H11N3O2. The number of hydrogen-bond donors (Lipinski definition) is 2. The van der Waals surface area contributed by atoms with Crippen LogP contribution in [-0.4, -0.2) is 16.8 Å². The van der Waals surface area contributed by atoms with Gasteiger partial charge in [-0.05, 0) is 35.4 Å². The van der Waals surface area contributed by atoms with Gasteiger partial charge in [0.1, 0.15) is 0 Å². The molecule has 2 aromatic rings. The van der Waals surface area contributed by atoms with Crippen molar-refractivity contribution in [2.24, 2.45) is 5.73 Å². The van der Waals surface area contributed by atoms with Gasteiger partial charge in [0.25, 0.3) is 0 Å². The minimum atomic E-state index is -1.01. The molecule has 5 nitrogen and oxygen atoms in total. The van der Waals surface area contributed by atoms with Crippen molar-refractivity contribution in [2.75, 3.05) is 5.32 Å². The molecule has 0 aliphatic rings. The Bertz CT molecular complexity index is 582. The van der Waals surface area contributed by atoms with Crippen LogP contribution in [0.4, 0.5) is 5.69 Å². The van der Waals surface area contributed by atoms with Crippen molar-refractivity contribution in [3.8, 4) is 11.1 Å². The number of carbonyl (C=O) groups excluding carboxylic acids is 2. The Balaban J connectivity index is 2.26. The van der Waals surface area contributed by atoms with E-state index < -0.39 is 11.8 Å². The third-order valence-electron chi connectivity index (χ3n) is 2.36. The van der Waals surface area contributed by atoms with Crippen molar-refractivity contribution < 1.29 is 9.59 Å². The molecule has 1 aromatic carbocycles. The van der Waals surface area contributed by atoms with Crippen LogP contribution in [0.3, 0.4) is 0 Å². The first-order valence-corrected chi connectivity index (χ1v) is 5.28. The first kappa shape index (κ1) is 11.8. The van der Waals surface area contributed by atoms with Gasteiger partial charge in [0.2, 0.25) is 0 Å². The van der Waals surface area contributed by atoms with E-state index in [1.807, 2.05) is 18.2 Å². The summed E-state index contributed by atoms with van der Waals surface area (Å²) in [6.07, 6.45) is 3.37. The average Bonchev–Trinajstić information content (AvgIpc) is 2.40. The summed E-state index contributed by atoms with van der Waals surface area (Å²) in [5.41, 5.74) is 7.28. The summed E-state index contributed by atoms with van der Waals surface area (Å²) in [5.74, 6) is -1.84. The topological polar surface area (TPSA) is 85.1 Å². The van der Waals surface area contributed by atoms with Crippen molar-refractivity contribution in [1.82, 2.24) is 4.98 Å². The Morgan fingerprint density at radius 2 is 1.78 bits per heavy atom. The zero-order valence-corrected chi connectivity index (χ0v) is 9.46. The van der Waals surface area contributed by atoms with Gasteiger partial charge in [-0.1, -0.05) is 12.1 Å². The number of nitrogens with zero attached hydrogens (tertiary/aromatic N) is 1. The van der Waals surface area contributed by atoms with Crippen LogP contribution >= 0.6 is 0 Å². The highest BCUT2D eigenvalue weighted by Crippen LogP contribution is 2.21. The fourth-order valence-electron chi connectivity index (χ4n) is 1.51. The second-order valence-corrected chi connectivity index (χ2v) is 3.64. The number of nitrogens with two attached hydrogens (primary N) is 1. The number of rotatable bonds is 2. The number of anilines is 1. The van der Waals surface area contributed by atoms with Gasteiger partial charge < -0.3 is 11.1 Å². The van der Waals surface area contributed by atoms with Crippen LogP contribution in [0.2, 0.25) is 0 Å². The van der Waals surface area contributed by atoms with Crippen LogP contribution in [0.1, 0.15) is 0 Å². The van der Waals surface area contributed by atoms with E-state index >= 15 is 0 Å². The number of carbonyl (C=O) groups is 2. The maximum atomic E-state index is 11.2. The van der Waals surface area contributed by atoms with Gasteiger partial charge in [-0.15, -0.1) is 0 Å². The maximum Gasteiger partial charge on any atom is 0.313 e. The largest absolute Gasteiger partial charge is 0.361 e. The van der Waals surface area contributed by atoms with Gasteiger partial charge in [0.05, 0.1) is 0 Å². The second kappa shape index (κ2) is 5.09. The molecule has 0 saturated carbocycles. The lowest BCUT2D eigenvalue weighted by molar-refractivity contribution is -0.134. The summed E-state index contributed by atoms with van der Waals surface area (Å²) in [7, 11) is 0. The summed E-state index contributed by atoms with van der Waals surface area (Å²) in [6.45, 7) is 0. The molecule has 3 N–H and O–H groups in total. The molecule has 5 heteroatoms. The van der Waals surface area contributed by atoms with Crippen LogP contribution in [0.25, 0.3) is 11.1 Å². The van der Waals surface area contributed by atoms with Crippen LogP contribution < -0.4 is 11.1 Å². The quantitative estimate of drug-likeness (QED) is 0.774. The lowest BCUT2D eigenvalue weighted by atomic mass is 10.1. The van der Waals surface area contributed by atoms with Crippen molar-refractivity contribution in [3.05, 3.63) is 48.8 Å². The average molecular weight is 241 g/mol. The van der Waals surface area contributed by atoms with Gasteiger partial charge in [0.15, 0.2) is 0 Å². The Kier molecular flexibility index (Phi) is 3.33. The molecule has 90 valence electrons. The molecule has 1 heterocycles. The highest BCUT2D eigenvalue weighted by Gasteiger charge is 2.08. The van der Waals surface area contributed by atoms with E-state index in [1.54, 1.807) is 30.6 Å². The highest BCUT2D eigenvalue weighted by atomic mass is 16.2. The number of benzene rings is 1. The summed E-state index contributed by atoms with van der Waals surface area (Å²) in [6, 6.07) is 10.8. The third-order valence-corrected chi connectivity index (χ3v) is 2.36. The first-order valence-electron chi connectivity index (χ1n) is 5.28. The molecular weight excluding hydrogens is 230 g/mol. The number of hydrogen-bond acceptors (Lipinski definition) is 3.